The van der Waals surface area contributed by atoms with Crippen LogP contribution in [-0.4, -0.2) is 17.3 Å². The minimum Gasteiger partial charge on any atom is -0.367 e. The Morgan fingerprint density at radius 1 is 1.33 bits per heavy atom. The Kier molecular flexibility index (Phi) is 4.08. The Hall–Kier alpha value is -0.570. The highest BCUT2D eigenvalue weighted by Crippen LogP contribution is 2.02. The van der Waals surface area contributed by atoms with E-state index in [0.29, 0.717) is 6.61 Å². The number of benzene rings is 1. The predicted molar refractivity (Wildman–Crippen MR) is 48.0 cm³/mol. The van der Waals surface area contributed by atoms with E-state index >= 15 is 0 Å². The highest BCUT2D eigenvalue weighted by molar-refractivity contribution is 6.18. The van der Waals surface area contributed by atoms with Crippen molar-refractivity contribution in [2.24, 2.45) is 0 Å². The zero-order valence-electron chi connectivity index (χ0n) is 6.61. The lowest BCUT2D eigenvalue weighted by molar-refractivity contribution is -0.0914. The van der Waals surface area contributed by atoms with Crippen molar-refractivity contribution in [3.63, 3.8) is 0 Å². The fourth-order valence-electron chi connectivity index (χ4n) is 0.811. The van der Waals surface area contributed by atoms with Crippen LogP contribution in [0, 0.1) is 0 Å². The summed E-state index contributed by atoms with van der Waals surface area (Å²) in [6.45, 7) is 0.398. The van der Waals surface area contributed by atoms with Crippen molar-refractivity contribution in [3.8, 4) is 0 Å². The molecule has 0 saturated heterocycles. The summed E-state index contributed by atoms with van der Waals surface area (Å²) in [5.74, 6) is 0.104. The molecule has 0 aliphatic heterocycles. The summed E-state index contributed by atoms with van der Waals surface area (Å²) in [5.41, 5.74) is 1.03. The Balaban J connectivity index is 2.33. The molecule has 0 aliphatic rings. The van der Waals surface area contributed by atoms with Gasteiger partial charge in [0, 0.05) is 0 Å². The Morgan fingerprint density at radius 2 is 2.00 bits per heavy atom. The van der Waals surface area contributed by atoms with E-state index in [1.54, 1.807) is 0 Å². The zero-order valence-corrected chi connectivity index (χ0v) is 7.37. The van der Waals surface area contributed by atoms with Gasteiger partial charge in [0.1, 0.15) is 0 Å². The van der Waals surface area contributed by atoms with Crippen molar-refractivity contribution < 1.29 is 9.84 Å². The van der Waals surface area contributed by atoms with Gasteiger partial charge in [0.2, 0.25) is 0 Å². The van der Waals surface area contributed by atoms with Crippen LogP contribution in [0.15, 0.2) is 30.3 Å². The van der Waals surface area contributed by atoms with Gasteiger partial charge in [0.25, 0.3) is 0 Å². The number of ether oxygens (including phenoxy) is 1. The van der Waals surface area contributed by atoms with Crippen LogP contribution in [0.25, 0.3) is 0 Å². The van der Waals surface area contributed by atoms with Crippen LogP contribution in [0.4, 0.5) is 0 Å². The number of alkyl halides is 1. The largest absolute Gasteiger partial charge is 0.367 e. The summed E-state index contributed by atoms with van der Waals surface area (Å²) in [5, 5.41) is 8.97. The first kappa shape index (κ1) is 9.52. The Labute approximate surface area is 76.7 Å². The van der Waals surface area contributed by atoms with E-state index in [0.717, 1.165) is 5.56 Å². The monoisotopic (exact) mass is 186 g/mol. The van der Waals surface area contributed by atoms with E-state index in [1.165, 1.54) is 0 Å². The van der Waals surface area contributed by atoms with Crippen LogP contribution in [-0.2, 0) is 11.3 Å². The Morgan fingerprint density at radius 3 is 2.58 bits per heavy atom. The van der Waals surface area contributed by atoms with Crippen molar-refractivity contribution in [2.75, 3.05) is 5.88 Å². The van der Waals surface area contributed by atoms with Crippen LogP contribution in [0.1, 0.15) is 5.56 Å². The number of hydrogen-bond acceptors (Lipinski definition) is 2. The van der Waals surface area contributed by atoms with Gasteiger partial charge in [-0.1, -0.05) is 30.3 Å². The molecule has 0 fully saturated rings. The summed E-state index contributed by atoms with van der Waals surface area (Å²) in [6, 6.07) is 9.64. The molecule has 1 N–H and O–H groups in total. The highest BCUT2D eigenvalue weighted by atomic mass is 35.5. The molecule has 3 heteroatoms. The van der Waals surface area contributed by atoms with Crippen molar-refractivity contribution >= 4 is 11.6 Å². The maximum Gasteiger partial charge on any atom is 0.168 e. The molecule has 0 radical (unpaired) electrons. The molecule has 0 spiro atoms. The summed E-state index contributed by atoms with van der Waals surface area (Å²) < 4.78 is 5.00. The van der Waals surface area contributed by atoms with Gasteiger partial charge in [0.15, 0.2) is 6.29 Å². The highest BCUT2D eigenvalue weighted by Gasteiger charge is 2.00. The lowest BCUT2D eigenvalue weighted by Gasteiger charge is -2.07. The van der Waals surface area contributed by atoms with Gasteiger partial charge >= 0.3 is 0 Å². The van der Waals surface area contributed by atoms with Gasteiger partial charge in [0.05, 0.1) is 12.5 Å². The van der Waals surface area contributed by atoms with E-state index in [-0.39, 0.29) is 5.88 Å². The summed E-state index contributed by atoms with van der Waals surface area (Å²) in [4.78, 5) is 0. The molecular weight excluding hydrogens is 176 g/mol. The van der Waals surface area contributed by atoms with Crippen LogP contribution in [0.3, 0.4) is 0 Å². The van der Waals surface area contributed by atoms with Crippen molar-refractivity contribution in [2.45, 2.75) is 12.9 Å². The van der Waals surface area contributed by atoms with Gasteiger partial charge < -0.3 is 9.84 Å². The van der Waals surface area contributed by atoms with Crippen molar-refractivity contribution in [1.29, 1.82) is 0 Å². The van der Waals surface area contributed by atoms with Gasteiger partial charge in [-0.2, -0.15) is 0 Å². The topological polar surface area (TPSA) is 29.5 Å². The van der Waals surface area contributed by atoms with Crippen LogP contribution in [0.2, 0.25) is 0 Å². The van der Waals surface area contributed by atoms with Gasteiger partial charge in [-0.15, -0.1) is 11.6 Å². The molecule has 0 saturated carbocycles. The van der Waals surface area contributed by atoms with E-state index in [2.05, 4.69) is 0 Å². The number of aliphatic hydroxyl groups is 1. The van der Waals surface area contributed by atoms with E-state index in [9.17, 15) is 0 Å². The standard InChI is InChI=1S/C9H11ClO2/c10-6-9(11)12-7-8-4-2-1-3-5-8/h1-5,9,11H,6-7H2. The molecule has 0 bridgehead atoms. The second-order valence-corrected chi connectivity index (χ2v) is 2.71. The first-order valence-electron chi connectivity index (χ1n) is 3.72. The molecule has 1 unspecified atom stereocenters. The van der Waals surface area contributed by atoms with Crippen LogP contribution >= 0.6 is 11.6 Å². The van der Waals surface area contributed by atoms with Crippen molar-refractivity contribution in [3.05, 3.63) is 35.9 Å². The second-order valence-electron chi connectivity index (χ2n) is 2.41. The molecule has 2 nitrogen and oxygen atoms in total. The van der Waals surface area contributed by atoms with E-state index < -0.39 is 6.29 Å². The minimum atomic E-state index is -0.869. The summed E-state index contributed by atoms with van der Waals surface area (Å²) in [6.07, 6.45) is -0.869. The molecule has 1 rings (SSSR count). The minimum absolute atomic E-state index is 0.104. The third kappa shape index (κ3) is 3.22. The number of halogens is 1. The predicted octanol–water partition coefficient (Wildman–Crippen LogP) is 1.76. The lowest BCUT2D eigenvalue weighted by Crippen LogP contribution is -2.12. The second kappa shape index (κ2) is 5.14. The average Bonchev–Trinajstić information content (AvgIpc) is 2.16. The SMILES string of the molecule is OC(CCl)OCc1ccccc1. The lowest BCUT2D eigenvalue weighted by atomic mass is 10.2. The molecule has 1 aromatic rings. The molecule has 0 amide bonds. The normalized spacial score (nSPS) is 12.8. The molecule has 0 heterocycles. The molecular formula is C9H11ClO2. The molecule has 1 atom stereocenters. The van der Waals surface area contributed by atoms with E-state index in [1.807, 2.05) is 30.3 Å². The zero-order chi connectivity index (χ0) is 8.81. The fraction of sp³-hybridized carbons (Fsp3) is 0.333. The fourth-order valence-corrected chi connectivity index (χ4v) is 0.900. The first-order chi connectivity index (χ1) is 5.83. The molecule has 12 heavy (non-hydrogen) atoms. The Bertz CT molecular complexity index is 213. The van der Waals surface area contributed by atoms with E-state index in [4.69, 9.17) is 21.4 Å². The number of hydrogen-bond donors (Lipinski definition) is 1. The maximum atomic E-state index is 8.97. The molecule has 0 aromatic heterocycles. The smallest absolute Gasteiger partial charge is 0.168 e. The third-order valence-corrected chi connectivity index (χ3v) is 1.68. The molecule has 66 valence electrons. The number of rotatable bonds is 4. The van der Waals surface area contributed by atoms with Gasteiger partial charge in [-0.25, -0.2) is 0 Å². The van der Waals surface area contributed by atoms with Gasteiger partial charge in [-0.3, -0.25) is 0 Å². The van der Waals surface area contributed by atoms with Crippen LogP contribution in [0.5, 0.6) is 0 Å². The number of aliphatic hydroxyl groups excluding tert-OH is 1. The maximum absolute atomic E-state index is 8.97. The first-order valence-corrected chi connectivity index (χ1v) is 4.26. The van der Waals surface area contributed by atoms with Gasteiger partial charge in [-0.05, 0) is 5.56 Å². The molecule has 0 aliphatic carbocycles. The molecule has 1 aromatic carbocycles. The average molecular weight is 187 g/mol. The summed E-state index contributed by atoms with van der Waals surface area (Å²) in [7, 11) is 0. The van der Waals surface area contributed by atoms with Crippen LogP contribution < -0.4 is 0 Å². The van der Waals surface area contributed by atoms with Crippen molar-refractivity contribution in [1.82, 2.24) is 0 Å². The summed E-state index contributed by atoms with van der Waals surface area (Å²) >= 11 is 5.34. The third-order valence-electron chi connectivity index (χ3n) is 1.42. The quantitative estimate of drug-likeness (QED) is 0.574.